The molecule has 3 aromatic rings. The molecule has 0 bridgehead atoms. The smallest absolute Gasteiger partial charge is 0.289 e. The molecule has 1 N–H and O–H groups in total. The first-order chi connectivity index (χ1) is 13.0. The zero-order chi connectivity index (χ0) is 19.0. The van der Waals surface area contributed by atoms with Gasteiger partial charge >= 0.3 is 0 Å². The molecule has 8 heteroatoms. The van der Waals surface area contributed by atoms with Gasteiger partial charge in [-0.1, -0.05) is 0 Å². The van der Waals surface area contributed by atoms with E-state index in [2.05, 4.69) is 4.98 Å². The number of carbonyl (C=O) groups excluding carboxylic acids is 2. The SMILES string of the molecule is O=C(c1ccco1)N1CCN(C(=O)c2cc3ccc(F)cc3[nH]c2=O)CC1. The molecule has 2 aromatic heterocycles. The van der Waals surface area contributed by atoms with Crippen LogP contribution in [0, 0.1) is 5.82 Å². The molecule has 0 unspecified atom stereocenters. The highest BCUT2D eigenvalue weighted by atomic mass is 19.1. The van der Waals surface area contributed by atoms with Crippen LogP contribution < -0.4 is 5.56 Å². The van der Waals surface area contributed by atoms with E-state index in [1.54, 1.807) is 17.0 Å². The van der Waals surface area contributed by atoms with E-state index in [4.69, 9.17) is 4.42 Å². The summed E-state index contributed by atoms with van der Waals surface area (Å²) >= 11 is 0. The first kappa shape index (κ1) is 17.0. The second-order valence-electron chi connectivity index (χ2n) is 6.31. The molecule has 1 aliphatic rings. The molecule has 138 valence electrons. The van der Waals surface area contributed by atoms with Crippen LogP contribution in [0.5, 0.6) is 0 Å². The summed E-state index contributed by atoms with van der Waals surface area (Å²) in [6.45, 7) is 1.32. The van der Waals surface area contributed by atoms with Crippen molar-refractivity contribution < 1.29 is 18.4 Å². The first-order valence-electron chi connectivity index (χ1n) is 8.47. The summed E-state index contributed by atoms with van der Waals surface area (Å²) < 4.78 is 18.4. The van der Waals surface area contributed by atoms with Crippen LogP contribution >= 0.6 is 0 Å². The molecule has 1 fully saturated rings. The molecule has 0 saturated carbocycles. The van der Waals surface area contributed by atoms with Gasteiger partial charge in [-0.05, 0) is 41.8 Å². The number of furan rings is 1. The molecule has 27 heavy (non-hydrogen) atoms. The lowest BCUT2D eigenvalue weighted by atomic mass is 10.1. The van der Waals surface area contributed by atoms with Gasteiger partial charge in [-0.3, -0.25) is 14.4 Å². The van der Waals surface area contributed by atoms with Crippen molar-refractivity contribution in [3.05, 3.63) is 70.2 Å². The third kappa shape index (κ3) is 3.21. The summed E-state index contributed by atoms with van der Waals surface area (Å²) in [7, 11) is 0. The van der Waals surface area contributed by atoms with Crippen molar-refractivity contribution in [2.45, 2.75) is 0 Å². The Morgan fingerprint density at radius 2 is 1.70 bits per heavy atom. The molecule has 3 heterocycles. The normalized spacial score (nSPS) is 14.6. The monoisotopic (exact) mass is 369 g/mol. The third-order valence-electron chi connectivity index (χ3n) is 4.62. The highest BCUT2D eigenvalue weighted by molar-refractivity contribution is 5.97. The van der Waals surface area contributed by atoms with Crippen LogP contribution in [-0.4, -0.2) is 52.8 Å². The number of pyridine rings is 1. The van der Waals surface area contributed by atoms with Gasteiger partial charge in [0.1, 0.15) is 11.4 Å². The van der Waals surface area contributed by atoms with Crippen molar-refractivity contribution in [2.24, 2.45) is 0 Å². The van der Waals surface area contributed by atoms with Crippen LogP contribution in [0.3, 0.4) is 0 Å². The number of aromatic amines is 1. The second kappa shape index (κ2) is 6.71. The molecule has 2 amide bonds. The van der Waals surface area contributed by atoms with Crippen LogP contribution in [-0.2, 0) is 0 Å². The summed E-state index contributed by atoms with van der Waals surface area (Å²) in [6, 6.07) is 8.70. The number of amides is 2. The number of carbonyl (C=O) groups is 2. The van der Waals surface area contributed by atoms with E-state index in [9.17, 15) is 18.8 Å². The van der Waals surface area contributed by atoms with Crippen LogP contribution in [0.1, 0.15) is 20.9 Å². The quantitative estimate of drug-likeness (QED) is 0.747. The zero-order valence-electron chi connectivity index (χ0n) is 14.3. The zero-order valence-corrected chi connectivity index (χ0v) is 14.3. The summed E-state index contributed by atoms with van der Waals surface area (Å²) in [4.78, 5) is 43.0. The Morgan fingerprint density at radius 1 is 1.00 bits per heavy atom. The molecule has 4 rings (SSSR count). The number of hydrogen-bond acceptors (Lipinski definition) is 4. The van der Waals surface area contributed by atoms with Crippen LogP contribution in [0.2, 0.25) is 0 Å². The topological polar surface area (TPSA) is 86.6 Å². The molecule has 1 aromatic carbocycles. The lowest BCUT2D eigenvalue weighted by molar-refractivity contribution is 0.0517. The fourth-order valence-electron chi connectivity index (χ4n) is 3.17. The number of hydrogen-bond donors (Lipinski definition) is 1. The number of halogens is 1. The van der Waals surface area contributed by atoms with Crippen molar-refractivity contribution in [2.75, 3.05) is 26.2 Å². The average molecular weight is 369 g/mol. The number of piperazine rings is 1. The van der Waals surface area contributed by atoms with Crippen LogP contribution in [0.15, 0.2) is 51.9 Å². The molecule has 0 atom stereocenters. The Kier molecular flexibility index (Phi) is 4.23. The minimum Gasteiger partial charge on any atom is -0.459 e. The molecular weight excluding hydrogens is 353 g/mol. The largest absolute Gasteiger partial charge is 0.459 e. The van der Waals surface area contributed by atoms with Gasteiger partial charge in [0.2, 0.25) is 0 Å². The Bertz CT molecular complexity index is 1070. The van der Waals surface area contributed by atoms with Gasteiger partial charge in [-0.25, -0.2) is 4.39 Å². The van der Waals surface area contributed by atoms with E-state index in [0.717, 1.165) is 0 Å². The Morgan fingerprint density at radius 3 is 2.37 bits per heavy atom. The predicted octanol–water partition coefficient (Wildman–Crippen LogP) is 1.86. The van der Waals surface area contributed by atoms with E-state index in [1.807, 2.05) is 0 Å². The maximum atomic E-state index is 13.3. The fourth-order valence-corrected chi connectivity index (χ4v) is 3.17. The molecule has 1 aliphatic heterocycles. The van der Waals surface area contributed by atoms with Gasteiger partial charge in [-0.2, -0.15) is 0 Å². The number of aromatic nitrogens is 1. The highest BCUT2D eigenvalue weighted by Gasteiger charge is 2.27. The van der Waals surface area contributed by atoms with Gasteiger partial charge in [0.25, 0.3) is 17.4 Å². The maximum absolute atomic E-state index is 13.3. The van der Waals surface area contributed by atoms with Crippen molar-refractivity contribution in [1.29, 1.82) is 0 Å². The predicted molar refractivity (Wildman–Crippen MR) is 95.0 cm³/mol. The molecule has 0 radical (unpaired) electrons. The summed E-state index contributed by atoms with van der Waals surface area (Å²) in [6.07, 6.45) is 1.44. The molecule has 0 spiro atoms. The van der Waals surface area contributed by atoms with Gasteiger partial charge in [-0.15, -0.1) is 0 Å². The van der Waals surface area contributed by atoms with Crippen molar-refractivity contribution in [3.63, 3.8) is 0 Å². The summed E-state index contributed by atoms with van der Waals surface area (Å²) in [5.74, 6) is -0.840. The van der Waals surface area contributed by atoms with Crippen molar-refractivity contribution >= 4 is 22.7 Å². The Hall–Kier alpha value is -3.42. The number of nitrogens with zero attached hydrogens (tertiary/aromatic N) is 2. The Labute approximate surface area is 153 Å². The number of H-pyrrole nitrogens is 1. The molecule has 0 aliphatic carbocycles. The van der Waals surface area contributed by atoms with Crippen LogP contribution in [0.4, 0.5) is 4.39 Å². The van der Waals surface area contributed by atoms with E-state index < -0.39 is 17.3 Å². The fraction of sp³-hybridized carbons (Fsp3) is 0.211. The van der Waals surface area contributed by atoms with Gasteiger partial charge in [0.15, 0.2) is 5.76 Å². The lowest BCUT2D eigenvalue weighted by Crippen LogP contribution is -2.51. The van der Waals surface area contributed by atoms with Crippen molar-refractivity contribution in [3.8, 4) is 0 Å². The van der Waals surface area contributed by atoms with Gasteiger partial charge < -0.3 is 19.2 Å². The highest BCUT2D eigenvalue weighted by Crippen LogP contribution is 2.15. The minimum atomic E-state index is -0.563. The van der Waals surface area contributed by atoms with E-state index in [-0.39, 0.29) is 17.2 Å². The maximum Gasteiger partial charge on any atom is 0.289 e. The lowest BCUT2D eigenvalue weighted by Gasteiger charge is -2.34. The number of rotatable bonds is 2. The molecule has 1 saturated heterocycles. The molecule has 7 nitrogen and oxygen atoms in total. The van der Waals surface area contributed by atoms with Crippen LogP contribution in [0.25, 0.3) is 10.9 Å². The molecular formula is C19H16FN3O4. The van der Waals surface area contributed by atoms with Crippen molar-refractivity contribution in [1.82, 2.24) is 14.8 Å². The number of nitrogens with one attached hydrogen (secondary N) is 1. The average Bonchev–Trinajstić information content (AvgIpc) is 3.21. The first-order valence-corrected chi connectivity index (χ1v) is 8.47. The summed E-state index contributed by atoms with van der Waals surface area (Å²) in [5.41, 5.74) is -0.225. The third-order valence-corrected chi connectivity index (χ3v) is 4.62. The number of fused-ring (bicyclic) bond motifs is 1. The number of benzene rings is 1. The second-order valence-corrected chi connectivity index (χ2v) is 6.31. The van der Waals surface area contributed by atoms with E-state index >= 15 is 0 Å². The minimum absolute atomic E-state index is 0.0000747. The van der Waals surface area contributed by atoms with Gasteiger partial charge in [0, 0.05) is 26.2 Å². The van der Waals surface area contributed by atoms with E-state index in [1.165, 1.54) is 35.4 Å². The standard InChI is InChI=1S/C19H16FN3O4/c20-13-4-3-12-10-14(17(24)21-15(12)11-13)18(25)22-5-7-23(8-6-22)19(26)16-2-1-9-27-16/h1-4,9-11H,5-8H2,(H,21,24). The Balaban J connectivity index is 1.50. The summed E-state index contributed by atoms with van der Waals surface area (Å²) in [5, 5.41) is 0.575. The van der Waals surface area contributed by atoms with E-state index in [0.29, 0.717) is 37.1 Å². The van der Waals surface area contributed by atoms with Gasteiger partial charge in [0.05, 0.1) is 11.8 Å².